The molecular weight excluding hydrogens is 288 g/mol. The topological polar surface area (TPSA) is 49.7 Å². The Kier molecular flexibility index (Phi) is 2.98. The summed E-state index contributed by atoms with van der Waals surface area (Å²) >= 11 is 0. The number of hydrogen-bond donors (Lipinski definition) is 2. The molecule has 0 aromatic heterocycles. The molecule has 1 aromatic rings. The van der Waals surface area contributed by atoms with Crippen LogP contribution in [0.25, 0.3) is 11.6 Å². The number of rotatable bonds is 0. The Bertz CT molecular complexity index is 757. The molecule has 0 fully saturated rings. The lowest BCUT2D eigenvalue weighted by Gasteiger charge is -2.29. The molecule has 23 heavy (non-hydrogen) atoms. The fraction of sp³-hybridized carbons (Fsp3) is 0.500. The first-order valence-corrected chi connectivity index (χ1v) is 8.86. The lowest BCUT2D eigenvalue weighted by Crippen LogP contribution is -2.25. The highest BCUT2D eigenvalue weighted by molar-refractivity contribution is 5.83. The van der Waals surface area contributed by atoms with Crippen LogP contribution in [0.15, 0.2) is 17.2 Å². The van der Waals surface area contributed by atoms with Crippen molar-refractivity contribution < 1.29 is 14.9 Å². The highest BCUT2D eigenvalue weighted by Crippen LogP contribution is 2.49. The molecule has 3 nitrogen and oxygen atoms in total. The van der Waals surface area contributed by atoms with Gasteiger partial charge in [0.2, 0.25) is 6.29 Å². The summed E-state index contributed by atoms with van der Waals surface area (Å²) in [6, 6.07) is 2.23. The summed E-state index contributed by atoms with van der Waals surface area (Å²) in [5, 5.41) is 20.8. The van der Waals surface area contributed by atoms with Gasteiger partial charge in [0.25, 0.3) is 0 Å². The van der Waals surface area contributed by atoms with Crippen LogP contribution < -0.4 is 4.74 Å². The van der Waals surface area contributed by atoms with Crippen molar-refractivity contribution >= 4 is 11.6 Å². The molecule has 0 saturated heterocycles. The molecular formula is C20H22O3. The zero-order valence-electron chi connectivity index (χ0n) is 13.3. The van der Waals surface area contributed by atoms with Crippen LogP contribution in [0.5, 0.6) is 5.75 Å². The predicted octanol–water partition coefficient (Wildman–Crippen LogP) is 3.36. The molecule has 0 saturated carbocycles. The average Bonchev–Trinajstić information content (AvgIpc) is 2.73. The van der Waals surface area contributed by atoms with Crippen molar-refractivity contribution in [2.24, 2.45) is 0 Å². The van der Waals surface area contributed by atoms with E-state index in [1.807, 2.05) is 0 Å². The van der Waals surface area contributed by atoms with Gasteiger partial charge in [0, 0.05) is 16.7 Å². The summed E-state index contributed by atoms with van der Waals surface area (Å²) in [5.74, 6) is 0.829. The minimum absolute atomic E-state index is 0.463. The summed E-state index contributed by atoms with van der Waals surface area (Å²) in [5.41, 5.74) is 8.40. The second-order valence-electron chi connectivity index (χ2n) is 7.28. The van der Waals surface area contributed by atoms with Gasteiger partial charge in [-0.1, -0.05) is 11.6 Å². The van der Waals surface area contributed by atoms with Gasteiger partial charge in [-0.15, -0.1) is 0 Å². The standard InChI is InChI=1S/C20H22O3/c21-17-8-7-14-18(17)16-10-12-5-1-3-11-4-2-6-13(15(12)9-11)19(16)23-20(14)22/h9-10,17,20-22H,1-8H2. The molecule has 2 N–H and O–H groups in total. The molecule has 4 aliphatic rings. The van der Waals surface area contributed by atoms with E-state index in [4.69, 9.17) is 4.74 Å². The van der Waals surface area contributed by atoms with Gasteiger partial charge in [-0.05, 0) is 74.1 Å². The molecule has 3 heteroatoms. The second kappa shape index (κ2) is 4.96. The lowest BCUT2D eigenvalue weighted by atomic mass is 9.87. The van der Waals surface area contributed by atoms with Crippen LogP contribution in [-0.4, -0.2) is 22.6 Å². The van der Waals surface area contributed by atoms with Gasteiger partial charge < -0.3 is 14.9 Å². The SMILES string of the molecule is OC1CCC2=C1c1cc3c4c(c1OC2O)CCCC(=C4)CCC3. The Hall–Kier alpha value is -1.58. The third kappa shape index (κ3) is 1.96. The van der Waals surface area contributed by atoms with Crippen LogP contribution in [0.2, 0.25) is 0 Å². The van der Waals surface area contributed by atoms with E-state index < -0.39 is 12.4 Å². The first-order valence-electron chi connectivity index (χ1n) is 8.86. The fourth-order valence-corrected chi connectivity index (χ4v) is 4.81. The maximum atomic E-state index is 10.4. The molecule has 0 radical (unpaired) electrons. The second-order valence-corrected chi connectivity index (χ2v) is 7.28. The molecule has 1 aromatic carbocycles. The van der Waals surface area contributed by atoms with Crippen LogP contribution in [0, 0.1) is 0 Å². The molecule has 1 heterocycles. The van der Waals surface area contributed by atoms with Crippen molar-refractivity contribution in [3.8, 4) is 5.75 Å². The monoisotopic (exact) mass is 310 g/mol. The molecule has 0 amide bonds. The van der Waals surface area contributed by atoms with E-state index >= 15 is 0 Å². The number of hydrogen-bond acceptors (Lipinski definition) is 3. The van der Waals surface area contributed by atoms with Crippen LogP contribution in [-0.2, 0) is 12.8 Å². The molecule has 2 bridgehead atoms. The van der Waals surface area contributed by atoms with Gasteiger partial charge in [0.1, 0.15) is 5.75 Å². The van der Waals surface area contributed by atoms with E-state index in [2.05, 4.69) is 12.1 Å². The average molecular weight is 310 g/mol. The van der Waals surface area contributed by atoms with E-state index in [1.165, 1.54) is 36.0 Å². The maximum absolute atomic E-state index is 10.4. The first-order chi connectivity index (χ1) is 11.2. The summed E-state index contributed by atoms with van der Waals surface area (Å²) in [7, 11) is 0. The zero-order chi connectivity index (χ0) is 15.6. The predicted molar refractivity (Wildman–Crippen MR) is 89.1 cm³/mol. The minimum Gasteiger partial charge on any atom is -0.460 e. The van der Waals surface area contributed by atoms with Gasteiger partial charge in [-0.3, -0.25) is 0 Å². The number of fused-ring (bicyclic) bond motifs is 3. The Labute approximate surface area is 136 Å². The van der Waals surface area contributed by atoms with Gasteiger partial charge in [0.05, 0.1) is 6.10 Å². The van der Waals surface area contributed by atoms with Gasteiger partial charge in [-0.25, -0.2) is 0 Å². The molecule has 0 spiro atoms. The van der Waals surface area contributed by atoms with Gasteiger partial charge in [-0.2, -0.15) is 0 Å². The van der Waals surface area contributed by atoms with Crippen molar-refractivity contribution in [3.05, 3.63) is 39.5 Å². The molecule has 120 valence electrons. The largest absolute Gasteiger partial charge is 0.460 e. The van der Waals surface area contributed by atoms with Crippen LogP contribution in [0.3, 0.4) is 0 Å². The minimum atomic E-state index is -0.888. The van der Waals surface area contributed by atoms with Gasteiger partial charge in [0.15, 0.2) is 0 Å². The number of aliphatic hydroxyl groups excluding tert-OH is 2. The van der Waals surface area contributed by atoms with E-state index in [0.29, 0.717) is 6.42 Å². The third-order valence-corrected chi connectivity index (χ3v) is 5.91. The van der Waals surface area contributed by atoms with Crippen LogP contribution in [0.1, 0.15) is 60.8 Å². The Balaban J connectivity index is 1.79. The van der Waals surface area contributed by atoms with Crippen molar-refractivity contribution in [1.29, 1.82) is 0 Å². The smallest absolute Gasteiger partial charge is 0.220 e. The normalized spacial score (nSPS) is 28.3. The van der Waals surface area contributed by atoms with E-state index in [0.717, 1.165) is 48.1 Å². The summed E-state index contributed by atoms with van der Waals surface area (Å²) in [4.78, 5) is 0. The van der Waals surface area contributed by atoms with Gasteiger partial charge >= 0.3 is 0 Å². The van der Waals surface area contributed by atoms with Crippen LogP contribution >= 0.6 is 0 Å². The third-order valence-electron chi connectivity index (χ3n) is 5.91. The van der Waals surface area contributed by atoms with E-state index in [-0.39, 0.29) is 0 Å². The number of aliphatic hydroxyl groups is 2. The molecule has 2 atom stereocenters. The molecule has 3 aliphatic carbocycles. The quantitative estimate of drug-likeness (QED) is 0.772. The molecule has 1 aliphatic heterocycles. The fourth-order valence-electron chi connectivity index (χ4n) is 4.81. The number of allylic oxidation sites excluding steroid dienone is 1. The highest BCUT2D eigenvalue weighted by Gasteiger charge is 2.37. The number of ether oxygens (including phenoxy) is 1. The van der Waals surface area contributed by atoms with Crippen molar-refractivity contribution in [1.82, 2.24) is 0 Å². The molecule has 2 unspecified atom stereocenters. The summed E-state index contributed by atoms with van der Waals surface area (Å²) in [6.45, 7) is 0. The Morgan fingerprint density at radius 1 is 1.00 bits per heavy atom. The Morgan fingerprint density at radius 3 is 2.70 bits per heavy atom. The summed E-state index contributed by atoms with van der Waals surface area (Å²) < 4.78 is 5.96. The van der Waals surface area contributed by atoms with Crippen molar-refractivity contribution in [3.63, 3.8) is 0 Å². The van der Waals surface area contributed by atoms with Crippen LogP contribution in [0.4, 0.5) is 0 Å². The maximum Gasteiger partial charge on any atom is 0.220 e. The zero-order valence-corrected chi connectivity index (χ0v) is 13.3. The number of aryl methyl sites for hydroxylation is 1. The summed E-state index contributed by atoms with van der Waals surface area (Å²) in [6.07, 6.45) is 9.24. The van der Waals surface area contributed by atoms with Crippen molar-refractivity contribution in [2.45, 2.75) is 63.8 Å². The van der Waals surface area contributed by atoms with E-state index in [9.17, 15) is 10.2 Å². The number of benzene rings is 1. The molecule has 5 rings (SSSR count). The van der Waals surface area contributed by atoms with E-state index in [1.54, 1.807) is 5.57 Å². The lowest BCUT2D eigenvalue weighted by molar-refractivity contribution is 0.00990. The highest BCUT2D eigenvalue weighted by atomic mass is 16.6. The Morgan fingerprint density at radius 2 is 1.83 bits per heavy atom. The first kappa shape index (κ1) is 13.8. The van der Waals surface area contributed by atoms with Crippen molar-refractivity contribution in [2.75, 3.05) is 0 Å².